The Morgan fingerprint density at radius 1 is 1.45 bits per heavy atom. The third-order valence-electron chi connectivity index (χ3n) is 3.52. The third-order valence-corrected chi connectivity index (χ3v) is 3.52. The summed E-state index contributed by atoms with van der Waals surface area (Å²) in [5, 5.41) is 19.8. The number of nitrogens with two attached hydrogens (primary N) is 2. The van der Waals surface area contributed by atoms with Crippen molar-refractivity contribution in [3.05, 3.63) is 10.9 Å². The monoisotopic (exact) mass is 284 g/mol. The molecule has 0 atom stereocenters. The van der Waals surface area contributed by atoms with E-state index in [4.69, 9.17) is 5.73 Å². The van der Waals surface area contributed by atoms with Crippen LogP contribution in [-0.4, -0.2) is 28.2 Å². The topological polar surface area (TPSA) is 125 Å². The standard InChI is InChI=1S/C12H21N5O3/c1-11(2)5-7(6-12(3,4)16-11)14-10(18)8-9(13)15-20-17(8)19/h7,16H,5-6H2,1-4H3,(H2,13,15)(H,14,18)/p+1. The molecule has 2 heterocycles. The van der Waals surface area contributed by atoms with Crippen LogP contribution in [0.5, 0.6) is 0 Å². The maximum Gasteiger partial charge on any atom is 0.318 e. The molecule has 1 aliphatic rings. The predicted molar refractivity (Wildman–Crippen MR) is 70.4 cm³/mol. The number of carbonyl (C=O) groups excluding carboxylic acids is 1. The number of amides is 1. The molecule has 0 spiro atoms. The number of aromatic nitrogens is 2. The van der Waals surface area contributed by atoms with Crippen LogP contribution >= 0.6 is 0 Å². The molecule has 0 aromatic carbocycles. The molecule has 0 radical (unpaired) electrons. The molecule has 0 unspecified atom stereocenters. The van der Waals surface area contributed by atoms with E-state index >= 15 is 0 Å². The van der Waals surface area contributed by atoms with Crippen LogP contribution in [0.25, 0.3) is 0 Å². The van der Waals surface area contributed by atoms with Gasteiger partial charge in [-0.25, -0.2) is 0 Å². The maximum absolute atomic E-state index is 12.1. The highest BCUT2D eigenvalue weighted by Gasteiger charge is 2.42. The van der Waals surface area contributed by atoms with Crippen LogP contribution in [0.4, 0.5) is 5.82 Å². The van der Waals surface area contributed by atoms with Crippen molar-refractivity contribution in [2.24, 2.45) is 0 Å². The van der Waals surface area contributed by atoms with E-state index in [1.165, 1.54) is 0 Å². The quantitative estimate of drug-likeness (QED) is 0.595. The van der Waals surface area contributed by atoms with Crippen LogP contribution in [0, 0.1) is 5.21 Å². The largest absolute Gasteiger partial charge is 0.359 e. The molecule has 1 aromatic heterocycles. The number of hydrogen-bond acceptors (Lipinski definition) is 5. The first-order valence-electron chi connectivity index (χ1n) is 6.63. The minimum Gasteiger partial charge on any atom is -0.359 e. The summed E-state index contributed by atoms with van der Waals surface area (Å²) in [5.74, 6) is -0.740. The number of anilines is 1. The Morgan fingerprint density at radius 3 is 2.45 bits per heavy atom. The molecule has 0 saturated carbocycles. The number of nitrogens with one attached hydrogen (secondary N) is 1. The zero-order valence-corrected chi connectivity index (χ0v) is 12.3. The second-order valence-corrected chi connectivity index (χ2v) is 6.86. The lowest BCUT2D eigenvalue weighted by atomic mass is 9.79. The molecule has 20 heavy (non-hydrogen) atoms. The summed E-state index contributed by atoms with van der Waals surface area (Å²) in [7, 11) is 0. The molecule has 2 rings (SSSR count). The molecular formula is C12H22N5O3+. The highest BCUT2D eigenvalue weighted by atomic mass is 16.8. The molecule has 112 valence electrons. The number of piperidine rings is 1. The molecule has 0 aliphatic carbocycles. The molecule has 8 nitrogen and oxygen atoms in total. The SMILES string of the molecule is CC1(C)CC(NC(=O)c2c(N)no[n+]2[O-])CC(C)(C)[NH2+]1. The normalized spacial score (nSPS) is 21.6. The highest BCUT2D eigenvalue weighted by Crippen LogP contribution is 2.22. The smallest absolute Gasteiger partial charge is 0.318 e. The van der Waals surface area contributed by atoms with Crippen molar-refractivity contribution in [1.29, 1.82) is 0 Å². The van der Waals surface area contributed by atoms with Crippen LogP contribution in [-0.2, 0) is 0 Å². The van der Waals surface area contributed by atoms with Gasteiger partial charge in [0.25, 0.3) is 0 Å². The van der Waals surface area contributed by atoms with Gasteiger partial charge in [-0.3, -0.25) is 9.42 Å². The minimum atomic E-state index is -0.544. The van der Waals surface area contributed by atoms with Gasteiger partial charge in [0.15, 0.2) is 0 Å². The van der Waals surface area contributed by atoms with E-state index in [9.17, 15) is 10.0 Å². The van der Waals surface area contributed by atoms with Crippen molar-refractivity contribution in [1.82, 2.24) is 10.5 Å². The molecule has 1 aliphatic heterocycles. The van der Waals surface area contributed by atoms with Gasteiger partial charge in [-0.2, -0.15) is 0 Å². The molecule has 1 amide bonds. The molecule has 5 N–H and O–H groups in total. The Hall–Kier alpha value is -1.83. The Labute approximate surface area is 117 Å². The Morgan fingerprint density at radius 2 is 2.00 bits per heavy atom. The average molecular weight is 284 g/mol. The van der Waals surface area contributed by atoms with Gasteiger partial charge >= 0.3 is 17.4 Å². The fourth-order valence-electron chi connectivity index (χ4n) is 3.33. The summed E-state index contributed by atoms with van der Waals surface area (Å²) < 4.78 is 4.31. The van der Waals surface area contributed by atoms with E-state index in [0.717, 1.165) is 12.8 Å². The first-order chi connectivity index (χ1) is 9.10. The van der Waals surface area contributed by atoms with Crippen molar-refractivity contribution in [2.45, 2.75) is 57.7 Å². The van der Waals surface area contributed by atoms with Crippen LogP contribution in [0.2, 0.25) is 0 Å². The van der Waals surface area contributed by atoms with E-state index in [1.54, 1.807) is 0 Å². The number of nitrogens with zero attached hydrogens (tertiary/aromatic N) is 2. The zero-order valence-electron chi connectivity index (χ0n) is 12.3. The van der Waals surface area contributed by atoms with Gasteiger partial charge < -0.3 is 21.6 Å². The Kier molecular flexibility index (Phi) is 3.37. The summed E-state index contributed by atoms with van der Waals surface area (Å²) >= 11 is 0. The first kappa shape index (κ1) is 14.6. The second-order valence-electron chi connectivity index (χ2n) is 6.86. The van der Waals surface area contributed by atoms with Crippen LogP contribution in [0.15, 0.2) is 4.63 Å². The van der Waals surface area contributed by atoms with Gasteiger partial charge in [0.1, 0.15) is 0 Å². The van der Waals surface area contributed by atoms with Gasteiger partial charge in [0, 0.05) is 18.9 Å². The summed E-state index contributed by atoms with van der Waals surface area (Å²) in [6.07, 6.45) is 1.62. The summed E-state index contributed by atoms with van der Waals surface area (Å²) in [4.78, 5) is 12.2. The molecule has 8 heteroatoms. The van der Waals surface area contributed by atoms with E-state index in [2.05, 4.69) is 48.1 Å². The van der Waals surface area contributed by atoms with E-state index in [-0.39, 0.29) is 33.5 Å². The van der Waals surface area contributed by atoms with Gasteiger partial charge in [0.2, 0.25) is 0 Å². The molecule has 1 aromatic rings. The molecule has 1 saturated heterocycles. The van der Waals surface area contributed by atoms with Gasteiger partial charge in [-0.15, -0.1) is 0 Å². The fourth-order valence-corrected chi connectivity index (χ4v) is 3.33. The van der Waals surface area contributed by atoms with Gasteiger partial charge in [-0.1, -0.05) is 0 Å². The van der Waals surface area contributed by atoms with Crippen LogP contribution in [0.1, 0.15) is 51.0 Å². The van der Waals surface area contributed by atoms with Crippen LogP contribution < -0.4 is 21.3 Å². The van der Waals surface area contributed by atoms with Crippen molar-refractivity contribution >= 4 is 11.7 Å². The summed E-state index contributed by atoms with van der Waals surface area (Å²) in [5.41, 5.74) is 5.22. The zero-order chi connectivity index (χ0) is 15.1. The fraction of sp³-hybridized carbons (Fsp3) is 0.750. The lowest BCUT2D eigenvalue weighted by Gasteiger charge is -2.43. The predicted octanol–water partition coefficient (Wildman–Crippen LogP) is -1.10. The number of hydrogen-bond donors (Lipinski definition) is 3. The highest BCUT2D eigenvalue weighted by molar-refractivity contribution is 5.94. The maximum atomic E-state index is 12.1. The summed E-state index contributed by atoms with van der Waals surface area (Å²) in [6, 6.07) is -0.0215. The lowest BCUT2D eigenvalue weighted by Crippen LogP contribution is -3.06. The van der Waals surface area contributed by atoms with E-state index in [1.807, 2.05) is 0 Å². The number of carbonyl (C=O) groups is 1. The van der Waals surface area contributed by atoms with Gasteiger partial charge in [0.05, 0.1) is 16.2 Å². The van der Waals surface area contributed by atoms with Crippen molar-refractivity contribution < 1.29 is 19.6 Å². The minimum absolute atomic E-state index is 0.0212. The lowest BCUT2D eigenvalue weighted by molar-refractivity contribution is -0.803. The molecule has 1 fully saturated rings. The Balaban J connectivity index is 2.12. The van der Waals surface area contributed by atoms with Crippen LogP contribution in [0.3, 0.4) is 0 Å². The average Bonchev–Trinajstić information content (AvgIpc) is 2.53. The van der Waals surface area contributed by atoms with E-state index in [0.29, 0.717) is 0 Å². The second kappa shape index (κ2) is 4.62. The summed E-state index contributed by atoms with van der Waals surface area (Å²) in [6.45, 7) is 8.53. The molecular weight excluding hydrogens is 262 g/mol. The van der Waals surface area contributed by atoms with Crippen molar-refractivity contribution in [2.75, 3.05) is 5.73 Å². The number of quaternary nitrogens is 1. The van der Waals surface area contributed by atoms with Crippen molar-refractivity contribution in [3.63, 3.8) is 0 Å². The Bertz CT molecular complexity index is 488. The van der Waals surface area contributed by atoms with Crippen molar-refractivity contribution in [3.8, 4) is 0 Å². The van der Waals surface area contributed by atoms with Gasteiger partial charge in [-0.05, 0) is 32.6 Å². The third kappa shape index (κ3) is 3.01. The number of rotatable bonds is 2. The number of nitrogen functional groups attached to an aromatic ring is 1. The van der Waals surface area contributed by atoms with E-state index < -0.39 is 5.91 Å². The first-order valence-corrected chi connectivity index (χ1v) is 6.63. The molecule has 0 bridgehead atoms.